The molecule has 0 saturated heterocycles. The Morgan fingerprint density at radius 3 is 2.71 bits per heavy atom. The SMILES string of the molecule is C=C(COC)/C(=C/CO)C(O)CC/C(C)=C/c1ccc(O)c(F)c1. The van der Waals surface area contributed by atoms with Gasteiger partial charge in [0.2, 0.25) is 0 Å². The Morgan fingerprint density at radius 1 is 1.42 bits per heavy atom. The Bertz CT molecular complexity index is 620. The zero-order valence-electron chi connectivity index (χ0n) is 14.1. The predicted molar refractivity (Wildman–Crippen MR) is 93.1 cm³/mol. The molecule has 1 atom stereocenters. The van der Waals surface area contributed by atoms with Gasteiger partial charge in [-0.2, -0.15) is 0 Å². The number of hydrogen-bond acceptors (Lipinski definition) is 4. The largest absolute Gasteiger partial charge is 0.505 e. The maximum absolute atomic E-state index is 13.3. The van der Waals surface area contributed by atoms with Crippen LogP contribution in [0.3, 0.4) is 0 Å². The van der Waals surface area contributed by atoms with Crippen LogP contribution in [-0.2, 0) is 4.74 Å². The average molecular weight is 336 g/mol. The van der Waals surface area contributed by atoms with Crippen LogP contribution in [-0.4, -0.2) is 41.7 Å². The molecule has 0 bridgehead atoms. The van der Waals surface area contributed by atoms with Crippen molar-refractivity contribution >= 4 is 6.08 Å². The number of phenolic OH excluding ortho intramolecular Hbond substituents is 1. The standard InChI is InChI=1S/C19H25FO4/c1-13(10-15-5-7-19(23)17(20)11-15)4-6-18(22)16(8-9-21)14(2)12-24-3/h5,7-8,10-11,18,21-23H,2,4,6,9,12H2,1,3H3/b13-10+,16-8-. The molecule has 1 aromatic rings. The van der Waals surface area contributed by atoms with Crippen molar-refractivity contribution in [2.75, 3.05) is 20.3 Å². The summed E-state index contributed by atoms with van der Waals surface area (Å²) < 4.78 is 18.3. The normalized spacial score (nSPS) is 13.9. The molecule has 0 radical (unpaired) electrons. The van der Waals surface area contributed by atoms with Gasteiger partial charge in [-0.3, -0.25) is 0 Å². The lowest BCUT2D eigenvalue weighted by atomic mass is 9.96. The fraction of sp³-hybridized carbons (Fsp3) is 0.368. The van der Waals surface area contributed by atoms with Crippen molar-refractivity contribution in [3.63, 3.8) is 0 Å². The number of methoxy groups -OCH3 is 1. The maximum Gasteiger partial charge on any atom is 0.165 e. The van der Waals surface area contributed by atoms with Crippen LogP contribution in [0.2, 0.25) is 0 Å². The molecule has 1 rings (SSSR count). The highest BCUT2D eigenvalue weighted by molar-refractivity contribution is 5.53. The average Bonchev–Trinajstić information content (AvgIpc) is 2.54. The Balaban J connectivity index is 2.71. The van der Waals surface area contributed by atoms with Crippen LogP contribution in [0.4, 0.5) is 4.39 Å². The van der Waals surface area contributed by atoms with Crippen LogP contribution in [0.5, 0.6) is 5.75 Å². The molecule has 4 nitrogen and oxygen atoms in total. The first-order valence-corrected chi connectivity index (χ1v) is 7.70. The summed E-state index contributed by atoms with van der Waals surface area (Å²) >= 11 is 0. The zero-order chi connectivity index (χ0) is 18.1. The molecule has 0 saturated carbocycles. The van der Waals surface area contributed by atoms with E-state index in [0.717, 1.165) is 5.57 Å². The molecule has 1 aromatic carbocycles. The van der Waals surface area contributed by atoms with Crippen molar-refractivity contribution in [2.24, 2.45) is 0 Å². The number of allylic oxidation sites excluding steroid dienone is 1. The van der Waals surface area contributed by atoms with E-state index in [1.54, 1.807) is 12.1 Å². The molecular formula is C19H25FO4. The minimum atomic E-state index is -0.764. The highest BCUT2D eigenvalue weighted by Gasteiger charge is 2.14. The van der Waals surface area contributed by atoms with E-state index >= 15 is 0 Å². The van der Waals surface area contributed by atoms with Crippen molar-refractivity contribution < 1.29 is 24.4 Å². The van der Waals surface area contributed by atoms with Crippen molar-refractivity contribution in [1.29, 1.82) is 0 Å². The molecule has 0 amide bonds. The fourth-order valence-electron chi connectivity index (χ4n) is 2.36. The topological polar surface area (TPSA) is 69.9 Å². The van der Waals surface area contributed by atoms with E-state index in [0.29, 0.717) is 29.6 Å². The number of halogens is 1. The molecule has 1 unspecified atom stereocenters. The molecule has 5 heteroatoms. The summed E-state index contributed by atoms with van der Waals surface area (Å²) in [5, 5.41) is 28.6. The fourth-order valence-corrected chi connectivity index (χ4v) is 2.36. The van der Waals surface area contributed by atoms with E-state index in [-0.39, 0.29) is 19.0 Å². The van der Waals surface area contributed by atoms with Gasteiger partial charge in [0.25, 0.3) is 0 Å². The minimum absolute atomic E-state index is 0.184. The number of phenols is 1. The Kier molecular flexibility index (Phi) is 8.40. The minimum Gasteiger partial charge on any atom is -0.505 e. The zero-order valence-corrected chi connectivity index (χ0v) is 14.1. The van der Waals surface area contributed by atoms with E-state index in [2.05, 4.69) is 6.58 Å². The predicted octanol–water partition coefficient (Wildman–Crippen LogP) is 3.20. The second kappa shape index (κ2) is 10.0. The van der Waals surface area contributed by atoms with E-state index in [9.17, 15) is 14.6 Å². The molecule has 3 N–H and O–H groups in total. The third-order valence-corrected chi connectivity index (χ3v) is 3.59. The molecule has 0 heterocycles. The third-order valence-electron chi connectivity index (χ3n) is 3.59. The van der Waals surface area contributed by atoms with Gasteiger partial charge in [0.1, 0.15) is 0 Å². The van der Waals surface area contributed by atoms with Crippen LogP contribution in [0.25, 0.3) is 6.08 Å². The first-order chi connectivity index (χ1) is 11.4. The van der Waals surface area contributed by atoms with Gasteiger partial charge in [0.15, 0.2) is 11.6 Å². The van der Waals surface area contributed by atoms with Gasteiger partial charge in [-0.25, -0.2) is 4.39 Å². The Labute approximate surface area is 142 Å². The second-order valence-corrected chi connectivity index (χ2v) is 5.63. The lowest BCUT2D eigenvalue weighted by Gasteiger charge is -2.17. The summed E-state index contributed by atoms with van der Waals surface area (Å²) in [7, 11) is 1.54. The van der Waals surface area contributed by atoms with Crippen molar-refractivity contribution in [3.05, 3.63) is 59.0 Å². The summed E-state index contributed by atoms with van der Waals surface area (Å²) in [6.45, 7) is 5.84. The number of aliphatic hydroxyl groups excluding tert-OH is 2. The van der Waals surface area contributed by atoms with E-state index in [1.165, 1.54) is 25.3 Å². The van der Waals surface area contributed by atoms with Crippen LogP contribution in [0.15, 0.2) is 47.6 Å². The summed E-state index contributed by atoms with van der Waals surface area (Å²) in [6.07, 6.45) is 3.60. The Hall–Kier alpha value is -1.95. The summed E-state index contributed by atoms with van der Waals surface area (Å²) in [5.74, 6) is -1.05. The molecule has 0 spiro atoms. The molecule has 0 aromatic heterocycles. The molecule has 0 fully saturated rings. The van der Waals surface area contributed by atoms with E-state index in [1.807, 2.05) is 6.92 Å². The number of rotatable bonds is 9. The Morgan fingerprint density at radius 2 is 2.12 bits per heavy atom. The lowest BCUT2D eigenvalue weighted by molar-refractivity contribution is 0.190. The molecular weight excluding hydrogens is 311 g/mol. The van der Waals surface area contributed by atoms with Crippen LogP contribution in [0, 0.1) is 5.82 Å². The van der Waals surface area contributed by atoms with E-state index in [4.69, 9.17) is 9.84 Å². The highest BCUT2D eigenvalue weighted by Crippen LogP contribution is 2.22. The summed E-state index contributed by atoms with van der Waals surface area (Å²) in [4.78, 5) is 0. The van der Waals surface area contributed by atoms with Gasteiger partial charge in [0.05, 0.1) is 19.3 Å². The maximum atomic E-state index is 13.3. The molecule has 132 valence electrons. The smallest absolute Gasteiger partial charge is 0.165 e. The van der Waals surface area contributed by atoms with Gasteiger partial charge >= 0.3 is 0 Å². The molecule has 0 aliphatic heterocycles. The summed E-state index contributed by atoms with van der Waals surface area (Å²) in [6, 6.07) is 4.18. The highest BCUT2D eigenvalue weighted by atomic mass is 19.1. The lowest BCUT2D eigenvalue weighted by Crippen LogP contribution is -2.15. The van der Waals surface area contributed by atoms with Gasteiger partial charge in [-0.05, 0) is 48.6 Å². The number of aromatic hydroxyl groups is 1. The number of aliphatic hydroxyl groups is 2. The third kappa shape index (κ3) is 6.28. The van der Waals surface area contributed by atoms with Gasteiger partial charge in [-0.1, -0.05) is 30.4 Å². The van der Waals surface area contributed by atoms with Crippen molar-refractivity contribution in [2.45, 2.75) is 25.9 Å². The first kappa shape index (κ1) is 20.1. The van der Waals surface area contributed by atoms with Gasteiger partial charge in [-0.15, -0.1) is 0 Å². The molecule has 0 aliphatic rings. The first-order valence-electron chi connectivity index (χ1n) is 7.70. The van der Waals surface area contributed by atoms with Gasteiger partial charge in [0, 0.05) is 7.11 Å². The number of ether oxygens (including phenoxy) is 1. The summed E-state index contributed by atoms with van der Waals surface area (Å²) in [5.41, 5.74) is 2.80. The van der Waals surface area contributed by atoms with Crippen molar-refractivity contribution in [1.82, 2.24) is 0 Å². The van der Waals surface area contributed by atoms with Crippen LogP contribution >= 0.6 is 0 Å². The monoisotopic (exact) mass is 336 g/mol. The van der Waals surface area contributed by atoms with Crippen LogP contribution < -0.4 is 0 Å². The molecule has 24 heavy (non-hydrogen) atoms. The second-order valence-electron chi connectivity index (χ2n) is 5.63. The van der Waals surface area contributed by atoms with Crippen LogP contribution in [0.1, 0.15) is 25.3 Å². The van der Waals surface area contributed by atoms with Crippen molar-refractivity contribution in [3.8, 4) is 5.75 Å². The number of benzene rings is 1. The number of hydrogen-bond donors (Lipinski definition) is 3. The quantitative estimate of drug-likeness (QED) is 0.606. The van der Waals surface area contributed by atoms with Gasteiger partial charge < -0.3 is 20.1 Å². The molecule has 0 aliphatic carbocycles. The van der Waals surface area contributed by atoms with E-state index < -0.39 is 11.9 Å².